The lowest BCUT2D eigenvalue weighted by Gasteiger charge is -2.13. The molecule has 0 saturated carbocycles. The van der Waals surface area contributed by atoms with Gasteiger partial charge in [-0.05, 0) is 61.0 Å². The maximum atomic E-state index is 13.8. The van der Waals surface area contributed by atoms with Crippen LogP contribution in [0.3, 0.4) is 0 Å². The molecule has 0 aliphatic carbocycles. The van der Waals surface area contributed by atoms with E-state index >= 15 is 0 Å². The van der Waals surface area contributed by atoms with Gasteiger partial charge in [-0.3, -0.25) is 0 Å². The summed E-state index contributed by atoms with van der Waals surface area (Å²) in [5.41, 5.74) is 0.953. The van der Waals surface area contributed by atoms with E-state index in [9.17, 15) is 17.2 Å². The Kier molecular flexibility index (Phi) is 7.19. The average molecular weight is 446 g/mol. The molecule has 31 heavy (non-hydrogen) atoms. The Hall–Kier alpha value is -3.46. The van der Waals surface area contributed by atoms with Crippen molar-refractivity contribution >= 4 is 16.2 Å². The van der Waals surface area contributed by atoms with E-state index in [0.29, 0.717) is 29.2 Å². The zero-order valence-electron chi connectivity index (χ0n) is 16.6. The number of sulfonamides is 1. The van der Waals surface area contributed by atoms with Gasteiger partial charge in [0.2, 0.25) is 0 Å². The fourth-order valence-electron chi connectivity index (χ4n) is 2.60. The second-order valence-electron chi connectivity index (χ2n) is 6.33. The van der Waals surface area contributed by atoms with E-state index in [-0.39, 0.29) is 17.3 Å². The van der Waals surface area contributed by atoms with Crippen LogP contribution in [0.25, 0.3) is 0 Å². The summed E-state index contributed by atoms with van der Waals surface area (Å²) in [5.74, 6) is -0.0841. The molecule has 3 aromatic rings. The van der Waals surface area contributed by atoms with E-state index in [4.69, 9.17) is 9.47 Å². The van der Waals surface area contributed by atoms with Crippen LogP contribution in [0, 0.1) is 11.6 Å². The highest BCUT2D eigenvalue weighted by molar-refractivity contribution is 7.89. The molecule has 1 N–H and O–H groups in total. The number of hydrogen-bond acceptors (Lipinski definition) is 5. The van der Waals surface area contributed by atoms with Crippen LogP contribution < -0.4 is 14.3 Å². The molecule has 0 amide bonds. The van der Waals surface area contributed by atoms with E-state index in [2.05, 4.69) is 9.93 Å². The second kappa shape index (κ2) is 10.0. The van der Waals surface area contributed by atoms with Crippen molar-refractivity contribution in [2.24, 2.45) is 5.10 Å². The van der Waals surface area contributed by atoms with Gasteiger partial charge >= 0.3 is 0 Å². The Morgan fingerprint density at radius 1 is 0.968 bits per heavy atom. The van der Waals surface area contributed by atoms with Crippen molar-refractivity contribution in [3.05, 3.63) is 89.5 Å². The molecule has 0 aliphatic rings. The topological polar surface area (TPSA) is 77.0 Å². The standard InChI is InChI=1S/C22H20F2N2O4S/c1-2-29-22-13-16(7-12-21(22)30-15-17-5-3-4-6-20(17)24)14-25-26-31(27,28)19-10-8-18(23)9-11-19/h3-14,26H,2,15H2,1H3/b25-14+. The number of hydrazone groups is 1. The summed E-state index contributed by atoms with van der Waals surface area (Å²) >= 11 is 0. The summed E-state index contributed by atoms with van der Waals surface area (Å²) in [6.45, 7) is 2.20. The quantitative estimate of drug-likeness (QED) is 0.394. The molecule has 3 rings (SSSR count). The predicted molar refractivity (Wildman–Crippen MR) is 113 cm³/mol. The molecule has 6 nitrogen and oxygen atoms in total. The Morgan fingerprint density at radius 2 is 1.71 bits per heavy atom. The molecule has 0 atom stereocenters. The monoisotopic (exact) mass is 446 g/mol. The highest BCUT2D eigenvalue weighted by Gasteiger charge is 2.13. The van der Waals surface area contributed by atoms with Crippen LogP contribution >= 0.6 is 0 Å². The SMILES string of the molecule is CCOc1cc(/C=N/NS(=O)(=O)c2ccc(F)cc2)ccc1OCc1ccccc1F. The highest BCUT2D eigenvalue weighted by Crippen LogP contribution is 2.29. The Bertz CT molecular complexity index is 1170. The summed E-state index contributed by atoms with van der Waals surface area (Å²) < 4.78 is 62.4. The van der Waals surface area contributed by atoms with E-state index in [0.717, 1.165) is 24.3 Å². The van der Waals surface area contributed by atoms with Crippen molar-refractivity contribution in [2.45, 2.75) is 18.4 Å². The molecule has 0 spiro atoms. The fraction of sp³-hybridized carbons (Fsp3) is 0.136. The zero-order chi connectivity index (χ0) is 22.3. The molecule has 0 unspecified atom stereocenters. The van der Waals surface area contributed by atoms with Crippen molar-refractivity contribution in [3.63, 3.8) is 0 Å². The molecule has 0 bridgehead atoms. The van der Waals surface area contributed by atoms with Gasteiger partial charge in [-0.25, -0.2) is 13.6 Å². The molecular formula is C22H20F2N2O4S. The molecule has 3 aromatic carbocycles. The summed E-state index contributed by atoms with van der Waals surface area (Å²) in [4.78, 5) is 1.95. The lowest BCUT2D eigenvalue weighted by atomic mass is 10.2. The van der Waals surface area contributed by atoms with Crippen LogP contribution in [0.1, 0.15) is 18.1 Å². The molecule has 0 fully saturated rings. The van der Waals surface area contributed by atoms with Crippen molar-refractivity contribution < 1.29 is 26.7 Å². The molecule has 162 valence electrons. The first-order valence-electron chi connectivity index (χ1n) is 9.32. The van der Waals surface area contributed by atoms with Gasteiger partial charge in [0.25, 0.3) is 10.0 Å². The largest absolute Gasteiger partial charge is 0.490 e. The Labute approximate surface area is 179 Å². The van der Waals surface area contributed by atoms with Gasteiger partial charge in [-0.1, -0.05) is 18.2 Å². The molecule has 9 heteroatoms. The number of hydrogen-bond donors (Lipinski definition) is 1. The summed E-state index contributed by atoms with van der Waals surface area (Å²) in [6, 6.07) is 15.6. The van der Waals surface area contributed by atoms with Crippen molar-refractivity contribution in [1.29, 1.82) is 0 Å². The van der Waals surface area contributed by atoms with Crippen LogP contribution in [-0.2, 0) is 16.6 Å². The van der Waals surface area contributed by atoms with Crippen molar-refractivity contribution in [1.82, 2.24) is 4.83 Å². The third-order valence-electron chi connectivity index (χ3n) is 4.12. The molecule has 0 aromatic heterocycles. The van der Waals surface area contributed by atoms with Crippen LogP contribution in [0.2, 0.25) is 0 Å². The average Bonchev–Trinajstić information content (AvgIpc) is 2.74. The minimum atomic E-state index is -3.93. The third-order valence-corrected chi connectivity index (χ3v) is 5.36. The number of ether oxygens (including phenoxy) is 2. The van der Waals surface area contributed by atoms with Gasteiger partial charge in [0.15, 0.2) is 11.5 Å². The first kappa shape index (κ1) is 22.2. The van der Waals surface area contributed by atoms with Gasteiger partial charge in [-0.15, -0.1) is 0 Å². The number of nitrogens with one attached hydrogen (secondary N) is 1. The third kappa shape index (κ3) is 6.02. The van der Waals surface area contributed by atoms with Crippen LogP contribution in [0.4, 0.5) is 8.78 Å². The second-order valence-corrected chi connectivity index (χ2v) is 7.99. The summed E-state index contributed by atoms with van der Waals surface area (Å²) in [6.07, 6.45) is 1.30. The minimum Gasteiger partial charge on any atom is -0.490 e. The van der Waals surface area contributed by atoms with E-state index in [1.54, 1.807) is 43.3 Å². The fourth-order valence-corrected chi connectivity index (χ4v) is 3.39. The Balaban J connectivity index is 1.71. The molecule has 0 radical (unpaired) electrons. The lowest BCUT2D eigenvalue weighted by Crippen LogP contribution is -2.18. The number of benzene rings is 3. The highest BCUT2D eigenvalue weighted by atomic mass is 32.2. The number of nitrogens with zero attached hydrogens (tertiary/aromatic N) is 1. The first-order chi connectivity index (χ1) is 14.9. The van der Waals surface area contributed by atoms with Gasteiger partial charge in [0.05, 0.1) is 17.7 Å². The molecule has 0 saturated heterocycles. The predicted octanol–water partition coefficient (Wildman–Crippen LogP) is 4.25. The van der Waals surface area contributed by atoms with Crippen LogP contribution in [-0.4, -0.2) is 21.2 Å². The van der Waals surface area contributed by atoms with Crippen LogP contribution in [0.15, 0.2) is 76.7 Å². The van der Waals surface area contributed by atoms with Gasteiger partial charge in [-0.2, -0.15) is 13.5 Å². The van der Waals surface area contributed by atoms with Crippen molar-refractivity contribution in [2.75, 3.05) is 6.61 Å². The van der Waals surface area contributed by atoms with Gasteiger partial charge in [0.1, 0.15) is 18.2 Å². The smallest absolute Gasteiger partial charge is 0.276 e. The van der Waals surface area contributed by atoms with Crippen LogP contribution in [0.5, 0.6) is 11.5 Å². The lowest BCUT2D eigenvalue weighted by molar-refractivity contribution is 0.266. The maximum Gasteiger partial charge on any atom is 0.276 e. The zero-order valence-corrected chi connectivity index (χ0v) is 17.4. The first-order valence-corrected chi connectivity index (χ1v) is 10.8. The molecule has 0 heterocycles. The number of rotatable bonds is 9. The summed E-state index contributed by atoms with van der Waals surface area (Å²) in [5, 5.41) is 3.75. The normalized spacial score (nSPS) is 11.5. The van der Waals surface area contributed by atoms with Gasteiger partial charge in [0, 0.05) is 5.56 Å². The Morgan fingerprint density at radius 3 is 2.42 bits per heavy atom. The van der Waals surface area contributed by atoms with E-state index < -0.39 is 15.8 Å². The maximum absolute atomic E-state index is 13.8. The van der Waals surface area contributed by atoms with E-state index in [1.807, 2.05) is 0 Å². The summed E-state index contributed by atoms with van der Waals surface area (Å²) in [7, 11) is -3.93. The van der Waals surface area contributed by atoms with Crippen molar-refractivity contribution in [3.8, 4) is 11.5 Å². The molecule has 0 aliphatic heterocycles. The molecular weight excluding hydrogens is 426 g/mol. The minimum absolute atomic E-state index is 0.0254. The number of halogens is 2. The van der Waals surface area contributed by atoms with Gasteiger partial charge < -0.3 is 9.47 Å². The van der Waals surface area contributed by atoms with E-state index in [1.165, 1.54) is 12.3 Å².